The first-order chi connectivity index (χ1) is 6.82. The monoisotopic (exact) mass is 211 g/mol. The zero-order valence-electron chi connectivity index (χ0n) is 9.39. The lowest BCUT2D eigenvalue weighted by atomic mass is 9.64. The van der Waals surface area contributed by atoms with E-state index in [0.29, 0.717) is 6.42 Å². The number of carbonyl (C=O) groups excluding carboxylic acids is 2. The summed E-state index contributed by atoms with van der Waals surface area (Å²) in [7, 11) is 0. The molecule has 84 valence electrons. The summed E-state index contributed by atoms with van der Waals surface area (Å²) in [5.41, 5.74) is 0.252. The Hall–Kier alpha value is -0.900. The molecule has 0 aromatic carbocycles. The van der Waals surface area contributed by atoms with Gasteiger partial charge in [-0.05, 0) is 18.3 Å². The highest BCUT2D eigenvalue weighted by Crippen LogP contribution is 2.70. The molecule has 15 heavy (non-hydrogen) atoms. The van der Waals surface area contributed by atoms with Crippen LogP contribution < -0.4 is 5.48 Å². The van der Waals surface area contributed by atoms with E-state index in [1.54, 1.807) is 5.48 Å². The number of nitrogens with one attached hydrogen (secondary N) is 1. The quantitative estimate of drug-likeness (QED) is 0.507. The number of hydrogen-bond acceptors (Lipinski definition) is 3. The lowest BCUT2D eigenvalue weighted by molar-refractivity contribution is -0.145. The number of amides is 1. The van der Waals surface area contributed by atoms with Crippen molar-refractivity contribution >= 4 is 11.7 Å². The number of ketones is 1. The Bertz CT molecular complexity index is 350. The number of fused-ring (bicyclic) bond motifs is 2. The molecule has 2 aliphatic carbocycles. The number of Topliss-reactive ketones (excluding diaryl/α,β-unsaturated/α-hetero) is 1. The summed E-state index contributed by atoms with van der Waals surface area (Å²) in [5, 5.41) is 8.80. The highest BCUT2D eigenvalue weighted by atomic mass is 16.5. The molecule has 0 saturated heterocycles. The van der Waals surface area contributed by atoms with Crippen LogP contribution in [0.2, 0.25) is 0 Å². The number of carbonyl (C=O) groups is 2. The largest absolute Gasteiger partial charge is 0.299 e. The van der Waals surface area contributed by atoms with E-state index in [2.05, 4.69) is 0 Å². The lowest BCUT2D eigenvalue weighted by Gasteiger charge is -2.38. The van der Waals surface area contributed by atoms with Crippen molar-refractivity contribution in [3.8, 4) is 0 Å². The summed E-state index contributed by atoms with van der Waals surface area (Å²) in [5.74, 6) is -0.246. The zero-order valence-corrected chi connectivity index (χ0v) is 9.39. The van der Waals surface area contributed by atoms with Gasteiger partial charge in [0.25, 0.3) is 5.91 Å². The Morgan fingerprint density at radius 3 is 2.27 bits per heavy atom. The molecule has 2 saturated carbocycles. The fourth-order valence-electron chi connectivity index (χ4n) is 3.47. The minimum atomic E-state index is -0.701. The van der Waals surface area contributed by atoms with Crippen molar-refractivity contribution in [3.05, 3.63) is 0 Å². The number of rotatable bonds is 1. The van der Waals surface area contributed by atoms with Crippen LogP contribution in [-0.2, 0) is 9.59 Å². The smallest absolute Gasteiger partial charge is 0.250 e. The van der Waals surface area contributed by atoms with Gasteiger partial charge in [0.15, 0.2) is 0 Å². The van der Waals surface area contributed by atoms with Gasteiger partial charge in [-0.25, -0.2) is 5.48 Å². The lowest BCUT2D eigenvalue weighted by Crippen LogP contribution is -2.45. The van der Waals surface area contributed by atoms with Crippen LogP contribution in [0.1, 0.15) is 40.0 Å². The standard InChI is InChI=1S/C11H17NO3/c1-9(2)10(3)4-5-11(9,6-7(10)13)8(14)12-15/h15H,4-6H2,1-3H3,(H,12,14). The third-order valence-corrected chi connectivity index (χ3v) is 5.24. The van der Waals surface area contributed by atoms with Crippen molar-refractivity contribution in [2.24, 2.45) is 16.2 Å². The second-order valence-electron chi connectivity index (χ2n) is 5.58. The minimum absolute atomic E-state index is 0.155. The molecule has 0 aliphatic heterocycles. The van der Waals surface area contributed by atoms with Gasteiger partial charge in [-0.15, -0.1) is 0 Å². The van der Waals surface area contributed by atoms with Crippen molar-refractivity contribution in [2.75, 3.05) is 0 Å². The first-order valence-corrected chi connectivity index (χ1v) is 5.30. The van der Waals surface area contributed by atoms with E-state index in [4.69, 9.17) is 5.21 Å². The number of hydrogen-bond donors (Lipinski definition) is 2. The van der Waals surface area contributed by atoms with Crippen molar-refractivity contribution in [1.82, 2.24) is 5.48 Å². The van der Waals surface area contributed by atoms with E-state index < -0.39 is 16.7 Å². The Kier molecular flexibility index (Phi) is 1.85. The molecule has 0 heterocycles. The van der Waals surface area contributed by atoms with Gasteiger partial charge in [0.1, 0.15) is 5.78 Å². The van der Waals surface area contributed by atoms with Crippen molar-refractivity contribution in [3.63, 3.8) is 0 Å². The van der Waals surface area contributed by atoms with E-state index >= 15 is 0 Å². The predicted octanol–water partition coefficient (Wildman–Crippen LogP) is 1.28. The second kappa shape index (κ2) is 2.61. The van der Waals surface area contributed by atoms with Gasteiger partial charge in [0, 0.05) is 11.8 Å². The van der Waals surface area contributed by atoms with Crippen LogP contribution in [-0.4, -0.2) is 16.9 Å². The molecule has 0 radical (unpaired) electrons. The average Bonchev–Trinajstić information content (AvgIpc) is 2.47. The molecular formula is C11H17NO3. The van der Waals surface area contributed by atoms with E-state index in [9.17, 15) is 9.59 Å². The van der Waals surface area contributed by atoms with E-state index in [0.717, 1.165) is 6.42 Å². The minimum Gasteiger partial charge on any atom is -0.299 e. The van der Waals surface area contributed by atoms with Gasteiger partial charge in [-0.1, -0.05) is 20.8 Å². The summed E-state index contributed by atoms with van der Waals surface area (Å²) < 4.78 is 0. The number of hydroxylamine groups is 1. The Morgan fingerprint density at radius 2 is 1.93 bits per heavy atom. The molecule has 0 aromatic heterocycles. The molecule has 4 heteroatoms. The molecule has 0 aromatic rings. The SMILES string of the molecule is CC12CCC(C(=O)NO)(CC1=O)C2(C)C. The molecule has 2 aliphatic rings. The van der Waals surface area contributed by atoms with Crippen molar-refractivity contribution < 1.29 is 14.8 Å². The molecule has 2 unspecified atom stereocenters. The highest BCUT2D eigenvalue weighted by Gasteiger charge is 2.72. The normalized spacial score (nSPS) is 42.0. The fraction of sp³-hybridized carbons (Fsp3) is 0.818. The third kappa shape index (κ3) is 0.869. The molecule has 2 atom stereocenters. The zero-order chi connectivity index (χ0) is 11.5. The van der Waals surface area contributed by atoms with E-state index in [1.807, 2.05) is 20.8 Å². The summed E-state index contributed by atoms with van der Waals surface area (Å²) in [6.07, 6.45) is 1.70. The summed E-state index contributed by atoms with van der Waals surface area (Å²) in [4.78, 5) is 23.7. The van der Waals surface area contributed by atoms with Crippen molar-refractivity contribution in [1.29, 1.82) is 0 Å². The maximum Gasteiger partial charge on any atom is 0.250 e. The first kappa shape index (κ1) is 10.6. The van der Waals surface area contributed by atoms with Gasteiger partial charge >= 0.3 is 0 Å². The summed E-state index contributed by atoms with van der Waals surface area (Å²) in [6.45, 7) is 5.86. The fourth-order valence-corrected chi connectivity index (χ4v) is 3.47. The molecule has 4 nitrogen and oxygen atoms in total. The van der Waals surface area contributed by atoms with E-state index in [1.165, 1.54) is 0 Å². The maximum atomic E-state index is 11.9. The van der Waals surface area contributed by atoms with Crippen LogP contribution in [0.5, 0.6) is 0 Å². The van der Waals surface area contributed by atoms with Crippen LogP contribution in [0.15, 0.2) is 0 Å². The molecule has 1 amide bonds. The first-order valence-electron chi connectivity index (χ1n) is 5.30. The molecule has 2 N–H and O–H groups in total. The van der Waals surface area contributed by atoms with Crippen LogP contribution in [0.25, 0.3) is 0 Å². The van der Waals surface area contributed by atoms with Gasteiger partial charge in [-0.3, -0.25) is 14.8 Å². The molecule has 2 rings (SSSR count). The molecule has 0 spiro atoms. The van der Waals surface area contributed by atoms with Crippen molar-refractivity contribution in [2.45, 2.75) is 40.0 Å². The average molecular weight is 211 g/mol. The molecule has 2 bridgehead atoms. The van der Waals surface area contributed by atoms with Crippen LogP contribution in [0, 0.1) is 16.2 Å². The predicted molar refractivity (Wildman–Crippen MR) is 53.1 cm³/mol. The topological polar surface area (TPSA) is 66.4 Å². The van der Waals surface area contributed by atoms with E-state index in [-0.39, 0.29) is 17.6 Å². The van der Waals surface area contributed by atoms with Crippen LogP contribution in [0.3, 0.4) is 0 Å². The Balaban J connectivity index is 2.54. The van der Waals surface area contributed by atoms with Gasteiger partial charge in [0.2, 0.25) is 0 Å². The maximum absolute atomic E-state index is 11.9. The molecular weight excluding hydrogens is 194 g/mol. The van der Waals surface area contributed by atoms with Gasteiger partial charge < -0.3 is 0 Å². The highest BCUT2D eigenvalue weighted by molar-refractivity contribution is 5.99. The molecule has 2 fully saturated rings. The van der Waals surface area contributed by atoms with Gasteiger partial charge in [-0.2, -0.15) is 0 Å². The Labute approximate surface area is 89.0 Å². The third-order valence-electron chi connectivity index (χ3n) is 5.24. The van der Waals surface area contributed by atoms with Crippen LogP contribution in [0.4, 0.5) is 0 Å². The second-order valence-corrected chi connectivity index (χ2v) is 5.58. The Morgan fingerprint density at radius 1 is 1.33 bits per heavy atom. The summed E-state index contributed by atoms with van der Waals surface area (Å²) in [6, 6.07) is 0. The summed E-state index contributed by atoms with van der Waals surface area (Å²) >= 11 is 0. The van der Waals surface area contributed by atoms with Crippen LogP contribution >= 0.6 is 0 Å². The van der Waals surface area contributed by atoms with Gasteiger partial charge in [0.05, 0.1) is 5.41 Å².